The lowest BCUT2D eigenvalue weighted by atomic mass is 10.1. The van der Waals surface area contributed by atoms with Gasteiger partial charge in [-0.1, -0.05) is 34.1 Å². The van der Waals surface area contributed by atoms with Gasteiger partial charge >= 0.3 is 0 Å². The van der Waals surface area contributed by atoms with Crippen molar-refractivity contribution < 1.29 is 4.79 Å². The standard InChI is InChI=1S/C16H14BrNO/c1-12(18-15-5-3-2-4-6-15)11-16(19)13-7-9-14(17)10-8-13/h2-11,18H,1H3. The van der Waals surface area contributed by atoms with E-state index >= 15 is 0 Å². The molecule has 0 amide bonds. The summed E-state index contributed by atoms with van der Waals surface area (Å²) in [5.41, 5.74) is 2.47. The fraction of sp³-hybridized carbons (Fsp3) is 0.0625. The van der Waals surface area contributed by atoms with Gasteiger partial charge in [-0.3, -0.25) is 4.79 Å². The van der Waals surface area contributed by atoms with E-state index in [-0.39, 0.29) is 5.78 Å². The number of carbonyl (C=O) groups is 1. The van der Waals surface area contributed by atoms with Gasteiger partial charge in [0.25, 0.3) is 0 Å². The molecule has 0 spiro atoms. The topological polar surface area (TPSA) is 29.1 Å². The molecule has 0 saturated carbocycles. The summed E-state index contributed by atoms with van der Waals surface area (Å²) in [6.45, 7) is 1.88. The number of allylic oxidation sites excluding steroid dienone is 2. The van der Waals surface area contributed by atoms with Crippen LogP contribution < -0.4 is 5.32 Å². The predicted octanol–water partition coefficient (Wildman–Crippen LogP) is 4.65. The van der Waals surface area contributed by atoms with E-state index in [0.29, 0.717) is 5.56 Å². The van der Waals surface area contributed by atoms with E-state index < -0.39 is 0 Å². The summed E-state index contributed by atoms with van der Waals surface area (Å²) in [7, 11) is 0. The highest BCUT2D eigenvalue weighted by Gasteiger charge is 2.03. The minimum absolute atomic E-state index is 0.00608. The first-order valence-corrected chi connectivity index (χ1v) is 6.75. The molecule has 96 valence electrons. The van der Waals surface area contributed by atoms with Crippen molar-refractivity contribution in [3.63, 3.8) is 0 Å². The van der Waals surface area contributed by atoms with Crippen LogP contribution in [0, 0.1) is 0 Å². The number of carbonyl (C=O) groups excluding carboxylic acids is 1. The third-order valence-electron chi connectivity index (χ3n) is 2.59. The Morgan fingerprint density at radius 1 is 1.05 bits per heavy atom. The van der Waals surface area contributed by atoms with Crippen molar-refractivity contribution in [2.45, 2.75) is 6.92 Å². The van der Waals surface area contributed by atoms with Gasteiger partial charge in [0, 0.05) is 27.5 Å². The molecule has 0 saturated heterocycles. The SMILES string of the molecule is CC(=CC(=O)c1ccc(Br)cc1)Nc1ccccc1. The van der Waals surface area contributed by atoms with E-state index in [1.165, 1.54) is 0 Å². The molecule has 19 heavy (non-hydrogen) atoms. The Morgan fingerprint density at radius 2 is 1.68 bits per heavy atom. The van der Waals surface area contributed by atoms with Crippen LogP contribution in [0.4, 0.5) is 5.69 Å². The number of anilines is 1. The second-order valence-electron chi connectivity index (χ2n) is 4.19. The van der Waals surface area contributed by atoms with Crippen LogP contribution >= 0.6 is 15.9 Å². The van der Waals surface area contributed by atoms with E-state index in [0.717, 1.165) is 15.9 Å². The summed E-state index contributed by atoms with van der Waals surface area (Å²) in [6, 6.07) is 17.1. The lowest BCUT2D eigenvalue weighted by molar-refractivity contribution is 0.104. The number of benzene rings is 2. The zero-order valence-electron chi connectivity index (χ0n) is 10.6. The number of hydrogen-bond donors (Lipinski definition) is 1. The van der Waals surface area contributed by atoms with E-state index in [9.17, 15) is 4.79 Å². The minimum atomic E-state index is -0.00608. The Hall–Kier alpha value is -1.87. The van der Waals surface area contributed by atoms with Crippen LogP contribution in [0.15, 0.2) is 70.8 Å². The first-order valence-electron chi connectivity index (χ1n) is 5.95. The van der Waals surface area contributed by atoms with Crippen molar-refractivity contribution >= 4 is 27.4 Å². The number of rotatable bonds is 4. The van der Waals surface area contributed by atoms with Crippen LogP contribution in [0.5, 0.6) is 0 Å². The van der Waals surface area contributed by atoms with Gasteiger partial charge in [-0.25, -0.2) is 0 Å². The number of ketones is 1. The highest BCUT2D eigenvalue weighted by atomic mass is 79.9. The van der Waals surface area contributed by atoms with Gasteiger partial charge in [0.1, 0.15) is 0 Å². The molecular formula is C16H14BrNO. The third kappa shape index (κ3) is 4.07. The van der Waals surface area contributed by atoms with Crippen molar-refractivity contribution in [1.82, 2.24) is 0 Å². The zero-order chi connectivity index (χ0) is 13.7. The van der Waals surface area contributed by atoms with Crippen LogP contribution in [-0.4, -0.2) is 5.78 Å². The molecule has 0 aliphatic carbocycles. The maximum atomic E-state index is 12.0. The fourth-order valence-electron chi connectivity index (χ4n) is 1.68. The van der Waals surface area contributed by atoms with Crippen LogP contribution in [0.3, 0.4) is 0 Å². The van der Waals surface area contributed by atoms with Gasteiger partial charge in [0.15, 0.2) is 5.78 Å². The first-order chi connectivity index (χ1) is 9.15. The van der Waals surface area contributed by atoms with Gasteiger partial charge in [-0.15, -0.1) is 0 Å². The number of hydrogen-bond acceptors (Lipinski definition) is 2. The molecule has 0 fully saturated rings. The lowest BCUT2D eigenvalue weighted by Gasteiger charge is -2.06. The molecule has 0 bridgehead atoms. The summed E-state index contributed by atoms with van der Waals surface area (Å²) in [5, 5.41) is 3.18. The van der Waals surface area contributed by atoms with Crippen LogP contribution in [-0.2, 0) is 0 Å². The third-order valence-corrected chi connectivity index (χ3v) is 3.12. The second-order valence-corrected chi connectivity index (χ2v) is 5.11. The molecule has 2 rings (SSSR count). The van der Waals surface area contributed by atoms with Crippen LogP contribution in [0.25, 0.3) is 0 Å². The molecule has 3 heteroatoms. The normalized spacial score (nSPS) is 11.2. The molecule has 0 aliphatic heterocycles. The number of nitrogens with one attached hydrogen (secondary N) is 1. The van der Waals surface area contributed by atoms with Gasteiger partial charge in [-0.2, -0.15) is 0 Å². The van der Waals surface area contributed by atoms with E-state index in [2.05, 4.69) is 21.2 Å². The Balaban J connectivity index is 2.08. The maximum absolute atomic E-state index is 12.0. The Kier molecular flexibility index (Phi) is 4.53. The Bertz CT molecular complexity index is 588. The fourth-order valence-corrected chi connectivity index (χ4v) is 1.94. The molecule has 0 radical (unpaired) electrons. The van der Waals surface area contributed by atoms with Crippen molar-refractivity contribution in [3.05, 3.63) is 76.4 Å². The molecular weight excluding hydrogens is 302 g/mol. The molecule has 0 aliphatic rings. The largest absolute Gasteiger partial charge is 0.359 e. The molecule has 0 unspecified atom stereocenters. The van der Waals surface area contributed by atoms with Gasteiger partial charge in [-0.05, 0) is 43.3 Å². The number of halogens is 1. The highest BCUT2D eigenvalue weighted by Crippen LogP contribution is 2.13. The second kappa shape index (κ2) is 6.34. The number of para-hydroxylation sites is 1. The molecule has 2 aromatic rings. The monoisotopic (exact) mass is 315 g/mol. The summed E-state index contributed by atoms with van der Waals surface area (Å²) in [4.78, 5) is 12.0. The van der Waals surface area contributed by atoms with Gasteiger partial charge in [0.05, 0.1) is 0 Å². The van der Waals surface area contributed by atoms with Crippen LogP contribution in [0.2, 0.25) is 0 Å². The smallest absolute Gasteiger partial charge is 0.187 e. The summed E-state index contributed by atoms with van der Waals surface area (Å²) >= 11 is 3.35. The van der Waals surface area contributed by atoms with E-state index in [1.54, 1.807) is 18.2 Å². The van der Waals surface area contributed by atoms with Crippen molar-refractivity contribution in [1.29, 1.82) is 0 Å². The average molecular weight is 316 g/mol. The van der Waals surface area contributed by atoms with E-state index in [4.69, 9.17) is 0 Å². The average Bonchev–Trinajstić information content (AvgIpc) is 2.40. The molecule has 0 aromatic heterocycles. The molecule has 2 nitrogen and oxygen atoms in total. The van der Waals surface area contributed by atoms with Gasteiger partial charge < -0.3 is 5.32 Å². The quantitative estimate of drug-likeness (QED) is 0.657. The summed E-state index contributed by atoms with van der Waals surface area (Å²) < 4.78 is 0.965. The Labute approximate surface area is 121 Å². The predicted molar refractivity (Wildman–Crippen MR) is 82.3 cm³/mol. The van der Waals surface area contributed by atoms with Gasteiger partial charge in [0.2, 0.25) is 0 Å². The summed E-state index contributed by atoms with van der Waals surface area (Å²) in [5.74, 6) is -0.00608. The zero-order valence-corrected chi connectivity index (χ0v) is 12.1. The van der Waals surface area contributed by atoms with Crippen molar-refractivity contribution in [3.8, 4) is 0 Å². The molecule has 0 heterocycles. The first kappa shape index (κ1) is 13.6. The van der Waals surface area contributed by atoms with E-state index in [1.807, 2.05) is 49.4 Å². The summed E-state index contributed by atoms with van der Waals surface area (Å²) in [6.07, 6.45) is 1.61. The van der Waals surface area contributed by atoms with Crippen molar-refractivity contribution in [2.75, 3.05) is 5.32 Å². The molecule has 0 atom stereocenters. The molecule has 1 N–H and O–H groups in total. The Morgan fingerprint density at radius 3 is 2.32 bits per heavy atom. The molecule has 2 aromatic carbocycles. The van der Waals surface area contributed by atoms with Crippen LogP contribution in [0.1, 0.15) is 17.3 Å². The van der Waals surface area contributed by atoms with Crippen molar-refractivity contribution in [2.24, 2.45) is 0 Å². The maximum Gasteiger partial charge on any atom is 0.187 e. The minimum Gasteiger partial charge on any atom is -0.359 e. The lowest BCUT2D eigenvalue weighted by Crippen LogP contribution is -2.01. The highest BCUT2D eigenvalue weighted by molar-refractivity contribution is 9.10.